The summed E-state index contributed by atoms with van der Waals surface area (Å²) in [5.41, 5.74) is 0. The minimum Gasteiger partial charge on any atom is -0.504 e. The molecule has 0 spiro atoms. The summed E-state index contributed by atoms with van der Waals surface area (Å²) in [5.74, 6) is 0.650. The number of hydrogen-bond acceptors (Lipinski definition) is 2. The minimum atomic E-state index is 0.153. The molecule has 2 nitrogen and oxygen atoms in total. The maximum Gasteiger partial charge on any atom is 0.161 e. The van der Waals surface area contributed by atoms with Gasteiger partial charge in [0.1, 0.15) is 0 Å². The van der Waals surface area contributed by atoms with Gasteiger partial charge in [0.05, 0.1) is 7.11 Å². The molecule has 0 aliphatic heterocycles. The Bertz CT molecular complexity index is 275. The molecule has 1 aromatic carbocycles. The molecule has 0 saturated heterocycles. The molecule has 0 unspecified atom stereocenters. The number of methoxy groups -OCH3 is 1. The van der Waals surface area contributed by atoms with Crippen LogP contribution in [-0.2, 0) is 0 Å². The number of hydrogen-bond donors (Lipinski definition) is 1. The Morgan fingerprint density at radius 2 is 2.18 bits per heavy atom. The summed E-state index contributed by atoms with van der Waals surface area (Å²) in [5, 5.41) is 9.26. The molecule has 1 rings (SSSR count). The quantitative estimate of drug-likeness (QED) is 0.803. The first kappa shape index (κ1) is 9.12. The fourth-order valence-electron chi connectivity index (χ4n) is 0.682. The smallest absolute Gasteiger partial charge is 0.161 e. The molecule has 0 aliphatic rings. The lowest BCUT2D eigenvalue weighted by Crippen LogP contribution is -1.85. The Labute approximate surface area is 86.8 Å². The second kappa shape index (κ2) is 3.62. The summed E-state index contributed by atoms with van der Waals surface area (Å²) in [6.07, 6.45) is 0. The van der Waals surface area contributed by atoms with Crippen molar-refractivity contribution >= 4 is 38.5 Å². The lowest BCUT2D eigenvalue weighted by Gasteiger charge is -2.04. The van der Waals surface area contributed by atoms with E-state index < -0.39 is 0 Å². The maximum atomic E-state index is 9.26. The van der Waals surface area contributed by atoms with Crippen LogP contribution < -0.4 is 4.74 Å². The Hall–Kier alpha value is 0.0300. The topological polar surface area (TPSA) is 29.5 Å². The number of aromatic hydroxyl groups is 1. The number of phenolic OH excluding ortho intramolecular Hbond substituents is 1. The first-order valence-electron chi connectivity index (χ1n) is 2.87. The van der Waals surface area contributed by atoms with Crippen LogP contribution in [0, 0.1) is 3.57 Å². The summed E-state index contributed by atoms with van der Waals surface area (Å²) < 4.78 is 6.79. The standard InChI is InChI=1S/C7H6BrIO2/c1-11-7-3-5(9)4(8)2-6(7)10/h2-3,10H,1H3. The summed E-state index contributed by atoms with van der Waals surface area (Å²) in [6, 6.07) is 3.38. The molecule has 0 saturated carbocycles. The van der Waals surface area contributed by atoms with Crippen LogP contribution in [0.4, 0.5) is 0 Å². The van der Waals surface area contributed by atoms with Gasteiger partial charge in [0.25, 0.3) is 0 Å². The molecule has 11 heavy (non-hydrogen) atoms. The van der Waals surface area contributed by atoms with Gasteiger partial charge in [-0.25, -0.2) is 0 Å². The van der Waals surface area contributed by atoms with Gasteiger partial charge in [0.2, 0.25) is 0 Å². The van der Waals surface area contributed by atoms with E-state index in [0.29, 0.717) is 5.75 Å². The first-order valence-corrected chi connectivity index (χ1v) is 4.74. The molecule has 1 aromatic rings. The van der Waals surface area contributed by atoms with Gasteiger partial charge in [-0.05, 0) is 50.7 Å². The lowest BCUT2D eigenvalue weighted by molar-refractivity contribution is 0.373. The van der Waals surface area contributed by atoms with Gasteiger partial charge >= 0.3 is 0 Å². The van der Waals surface area contributed by atoms with Crippen LogP contribution >= 0.6 is 38.5 Å². The predicted molar refractivity (Wildman–Crippen MR) is 55.1 cm³/mol. The zero-order valence-corrected chi connectivity index (χ0v) is 9.51. The van der Waals surface area contributed by atoms with Crippen LogP contribution in [0.3, 0.4) is 0 Å². The summed E-state index contributed by atoms with van der Waals surface area (Å²) in [7, 11) is 1.53. The third-order valence-electron chi connectivity index (χ3n) is 1.22. The zero-order valence-electron chi connectivity index (χ0n) is 5.77. The highest BCUT2D eigenvalue weighted by Gasteiger charge is 2.04. The van der Waals surface area contributed by atoms with Gasteiger partial charge in [-0.1, -0.05) is 0 Å². The van der Waals surface area contributed by atoms with Crippen molar-refractivity contribution in [1.29, 1.82) is 0 Å². The number of benzene rings is 1. The van der Waals surface area contributed by atoms with Crippen molar-refractivity contribution in [2.24, 2.45) is 0 Å². The van der Waals surface area contributed by atoms with Crippen molar-refractivity contribution in [2.75, 3.05) is 7.11 Å². The third-order valence-corrected chi connectivity index (χ3v) is 3.51. The van der Waals surface area contributed by atoms with E-state index in [1.54, 1.807) is 12.1 Å². The number of ether oxygens (including phenoxy) is 1. The van der Waals surface area contributed by atoms with Crippen molar-refractivity contribution in [3.63, 3.8) is 0 Å². The van der Waals surface area contributed by atoms with Gasteiger partial charge in [-0.15, -0.1) is 0 Å². The Morgan fingerprint density at radius 1 is 1.55 bits per heavy atom. The number of phenols is 1. The maximum absolute atomic E-state index is 9.26. The number of rotatable bonds is 1. The normalized spacial score (nSPS) is 9.73. The molecule has 4 heteroatoms. The molecule has 0 amide bonds. The highest BCUT2D eigenvalue weighted by atomic mass is 127. The molecular weight excluding hydrogens is 323 g/mol. The van der Waals surface area contributed by atoms with E-state index in [1.807, 2.05) is 0 Å². The third kappa shape index (κ3) is 1.99. The van der Waals surface area contributed by atoms with Crippen molar-refractivity contribution in [3.8, 4) is 11.5 Å². The molecule has 1 N–H and O–H groups in total. The van der Waals surface area contributed by atoms with Crippen LogP contribution in [0.5, 0.6) is 11.5 Å². The van der Waals surface area contributed by atoms with Crippen LogP contribution in [0.2, 0.25) is 0 Å². The Kier molecular flexibility index (Phi) is 3.00. The van der Waals surface area contributed by atoms with E-state index in [0.717, 1.165) is 8.04 Å². The van der Waals surface area contributed by atoms with Crippen molar-refractivity contribution < 1.29 is 9.84 Å². The second-order valence-electron chi connectivity index (χ2n) is 1.94. The zero-order chi connectivity index (χ0) is 8.43. The molecule has 0 atom stereocenters. The molecule has 0 aromatic heterocycles. The van der Waals surface area contributed by atoms with E-state index >= 15 is 0 Å². The number of halogens is 2. The fraction of sp³-hybridized carbons (Fsp3) is 0.143. The van der Waals surface area contributed by atoms with E-state index in [1.165, 1.54) is 7.11 Å². The van der Waals surface area contributed by atoms with Crippen molar-refractivity contribution in [3.05, 3.63) is 20.2 Å². The van der Waals surface area contributed by atoms with Crippen molar-refractivity contribution in [1.82, 2.24) is 0 Å². The van der Waals surface area contributed by atoms with Gasteiger partial charge < -0.3 is 9.84 Å². The monoisotopic (exact) mass is 328 g/mol. The molecule has 0 radical (unpaired) electrons. The van der Waals surface area contributed by atoms with Gasteiger partial charge in [0, 0.05) is 8.04 Å². The summed E-state index contributed by atoms with van der Waals surface area (Å²) in [6.45, 7) is 0. The van der Waals surface area contributed by atoms with E-state index in [-0.39, 0.29) is 5.75 Å². The van der Waals surface area contributed by atoms with Crippen molar-refractivity contribution in [2.45, 2.75) is 0 Å². The summed E-state index contributed by atoms with van der Waals surface area (Å²) in [4.78, 5) is 0. The summed E-state index contributed by atoms with van der Waals surface area (Å²) >= 11 is 5.44. The Balaban J connectivity index is 3.21. The molecule has 0 fully saturated rings. The SMILES string of the molecule is COc1cc(I)c(Br)cc1O. The van der Waals surface area contributed by atoms with E-state index in [9.17, 15) is 5.11 Å². The largest absolute Gasteiger partial charge is 0.504 e. The molecule has 0 aliphatic carbocycles. The highest BCUT2D eigenvalue weighted by molar-refractivity contribution is 14.1. The van der Waals surface area contributed by atoms with Crippen LogP contribution in [0.1, 0.15) is 0 Å². The van der Waals surface area contributed by atoms with Crippen LogP contribution in [0.25, 0.3) is 0 Å². The van der Waals surface area contributed by atoms with Gasteiger partial charge in [-0.3, -0.25) is 0 Å². The lowest BCUT2D eigenvalue weighted by atomic mass is 10.3. The van der Waals surface area contributed by atoms with E-state index in [2.05, 4.69) is 38.5 Å². The second-order valence-corrected chi connectivity index (χ2v) is 3.95. The average Bonchev–Trinajstić information content (AvgIpc) is 1.97. The molecule has 0 heterocycles. The van der Waals surface area contributed by atoms with E-state index in [4.69, 9.17) is 4.74 Å². The van der Waals surface area contributed by atoms with Crippen LogP contribution in [0.15, 0.2) is 16.6 Å². The van der Waals surface area contributed by atoms with Gasteiger partial charge in [-0.2, -0.15) is 0 Å². The first-order chi connectivity index (χ1) is 5.15. The van der Waals surface area contributed by atoms with Crippen LogP contribution in [-0.4, -0.2) is 12.2 Å². The highest BCUT2D eigenvalue weighted by Crippen LogP contribution is 2.32. The minimum absolute atomic E-state index is 0.153. The van der Waals surface area contributed by atoms with Gasteiger partial charge in [0.15, 0.2) is 11.5 Å². The predicted octanol–water partition coefficient (Wildman–Crippen LogP) is 2.77. The fourth-order valence-corrected chi connectivity index (χ4v) is 1.45. The molecule has 0 bridgehead atoms. The Morgan fingerprint density at radius 3 is 2.73 bits per heavy atom. The molecular formula is C7H6BrIO2. The molecule has 60 valence electrons. The average molecular weight is 329 g/mol.